The van der Waals surface area contributed by atoms with E-state index in [-0.39, 0.29) is 5.92 Å². The molecule has 2 aliphatic rings. The molecule has 0 bridgehead atoms. The van der Waals surface area contributed by atoms with Gasteiger partial charge in [0.15, 0.2) is 5.84 Å². The first-order valence-electron chi connectivity index (χ1n) is 8.14. The molecule has 2 aromatic rings. The lowest BCUT2D eigenvalue weighted by atomic mass is 9.88. The molecule has 0 fully saturated rings. The summed E-state index contributed by atoms with van der Waals surface area (Å²) in [6.07, 6.45) is 10.7. The van der Waals surface area contributed by atoms with Crippen molar-refractivity contribution in [3.05, 3.63) is 60.7 Å². The number of nitrogens with zero attached hydrogens (tertiary/aromatic N) is 4. The lowest BCUT2D eigenvalue weighted by molar-refractivity contribution is 0.415. The number of hydrogen-bond donors (Lipinski definition) is 1. The van der Waals surface area contributed by atoms with Crippen LogP contribution in [0.2, 0.25) is 0 Å². The summed E-state index contributed by atoms with van der Waals surface area (Å²) in [4.78, 5) is 9.15. The van der Waals surface area contributed by atoms with Crippen LogP contribution < -0.4 is 10.1 Å². The van der Waals surface area contributed by atoms with Crippen molar-refractivity contribution < 1.29 is 4.74 Å². The monoisotopic (exact) mass is 333 g/mol. The molecular weight excluding hydrogens is 314 g/mol. The van der Waals surface area contributed by atoms with Crippen molar-refractivity contribution in [1.29, 1.82) is 0 Å². The highest BCUT2D eigenvalue weighted by molar-refractivity contribution is 6.47. The molecule has 126 valence electrons. The standard InChI is InChI=1S/C19H19N5O/c1-24-12-15(11-22-24)14-9-13-7-8-20-19(18(13)21-10-14)23-16-3-5-17(25-2)6-4-16/h3-8,10-13H,9H2,1-2H3,(H,20,23). The van der Waals surface area contributed by atoms with Gasteiger partial charge in [0.05, 0.1) is 19.0 Å². The van der Waals surface area contributed by atoms with Crippen molar-refractivity contribution in [2.75, 3.05) is 12.4 Å². The molecule has 1 unspecified atom stereocenters. The molecule has 4 rings (SSSR count). The van der Waals surface area contributed by atoms with Crippen molar-refractivity contribution >= 4 is 22.8 Å². The van der Waals surface area contributed by atoms with Crippen LogP contribution in [-0.4, -0.2) is 28.4 Å². The maximum Gasteiger partial charge on any atom is 0.152 e. The lowest BCUT2D eigenvalue weighted by Crippen LogP contribution is -2.32. The number of rotatable bonds is 3. The molecule has 0 spiro atoms. The zero-order valence-electron chi connectivity index (χ0n) is 14.2. The zero-order chi connectivity index (χ0) is 17.2. The summed E-state index contributed by atoms with van der Waals surface area (Å²) in [5.41, 5.74) is 4.23. The molecule has 0 saturated carbocycles. The molecule has 1 N–H and O–H groups in total. The summed E-state index contributed by atoms with van der Waals surface area (Å²) in [5.74, 6) is 1.84. The van der Waals surface area contributed by atoms with E-state index in [0.29, 0.717) is 0 Å². The first kappa shape index (κ1) is 15.4. The molecule has 0 saturated heterocycles. The van der Waals surface area contributed by atoms with Crippen LogP contribution in [-0.2, 0) is 7.05 Å². The second-order valence-electron chi connectivity index (χ2n) is 6.05. The van der Waals surface area contributed by atoms with Gasteiger partial charge in [-0.15, -0.1) is 0 Å². The summed E-state index contributed by atoms with van der Waals surface area (Å²) >= 11 is 0. The molecule has 1 aromatic carbocycles. The molecule has 3 heterocycles. The third-order valence-electron chi connectivity index (χ3n) is 4.34. The molecule has 6 heteroatoms. The van der Waals surface area contributed by atoms with Gasteiger partial charge in [-0.2, -0.15) is 5.10 Å². The molecule has 1 atom stereocenters. The predicted octanol–water partition coefficient (Wildman–Crippen LogP) is 3.27. The number of aliphatic imine (C=N–C) groups is 2. The van der Waals surface area contributed by atoms with E-state index in [1.165, 1.54) is 5.57 Å². The van der Waals surface area contributed by atoms with Crippen LogP contribution in [0.1, 0.15) is 12.0 Å². The van der Waals surface area contributed by atoms with Gasteiger partial charge in [0.25, 0.3) is 0 Å². The minimum Gasteiger partial charge on any atom is -0.497 e. The highest BCUT2D eigenvalue weighted by Gasteiger charge is 2.26. The summed E-state index contributed by atoms with van der Waals surface area (Å²) in [6.45, 7) is 0. The van der Waals surface area contributed by atoms with Gasteiger partial charge in [0.2, 0.25) is 0 Å². The SMILES string of the molecule is COc1ccc(NC2=NC=CC3CC(c4cnn(C)c4)=CN=C23)cc1. The molecule has 0 aliphatic carbocycles. The predicted molar refractivity (Wildman–Crippen MR) is 99.9 cm³/mol. The van der Waals surface area contributed by atoms with Gasteiger partial charge >= 0.3 is 0 Å². The molecule has 1 aromatic heterocycles. The number of methoxy groups -OCH3 is 1. The maximum atomic E-state index is 5.19. The van der Waals surface area contributed by atoms with Gasteiger partial charge in [-0.25, -0.2) is 4.99 Å². The van der Waals surface area contributed by atoms with Gasteiger partial charge in [-0.1, -0.05) is 6.08 Å². The van der Waals surface area contributed by atoms with E-state index in [1.807, 2.05) is 60.8 Å². The average molecular weight is 333 g/mol. The first-order chi connectivity index (χ1) is 12.2. The molecule has 0 radical (unpaired) electrons. The smallest absolute Gasteiger partial charge is 0.152 e. The minimum atomic E-state index is 0.221. The third-order valence-corrected chi connectivity index (χ3v) is 4.34. The Morgan fingerprint density at radius 3 is 2.76 bits per heavy atom. The van der Waals surface area contributed by atoms with Gasteiger partial charge < -0.3 is 10.1 Å². The number of amidine groups is 1. The Hall–Kier alpha value is -3.15. The number of hydrogen-bond acceptors (Lipinski definition) is 5. The molecule has 0 amide bonds. The number of aryl methyl sites for hydroxylation is 1. The van der Waals surface area contributed by atoms with Crippen LogP contribution in [0, 0.1) is 5.92 Å². The largest absolute Gasteiger partial charge is 0.497 e. The number of aromatic nitrogens is 2. The van der Waals surface area contributed by atoms with Crippen molar-refractivity contribution in [3.8, 4) is 5.75 Å². The minimum absolute atomic E-state index is 0.221. The lowest BCUT2D eigenvalue weighted by Gasteiger charge is -2.24. The van der Waals surface area contributed by atoms with Crippen molar-refractivity contribution in [3.63, 3.8) is 0 Å². The number of ether oxygens (including phenoxy) is 1. The van der Waals surface area contributed by atoms with Crippen molar-refractivity contribution in [1.82, 2.24) is 9.78 Å². The molecule has 25 heavy (non-hydrogen) atoms. The average Bonchev–Trinajstić information content (AvgIpc) is 3.09. The van der Waals surface area contributed by atoms with Gasteiger partial charge in [0, 0.05) is 42.8 Å². The number of nitrogens with one attached hydrogen (secondary N) is 1. The van der Waals surface area contributed by atoms with E-state index in [9.17, 15) is 0 Å². The Morgan fingerprint density at radius 2 is 2.04 bits per heavy atom. The Kier molecular flexibility index (Phi) is 3.93. The molecular formula is C19H19N5O. The van der Waals surface area contributed by atoms with E-state index in [2.05, 4.69) is 26.5 Å². The number of anilines is 1. The summed E-state index contributed by atoms with van der Waals surface area (Å²) in [5, 5.41) is 7.60. The Bertz CT molecular complexity index is 902. The maximum absolute atomic E-state index is 5.19. The first-order valence-corrected chi connectivity index (χ1v) is 8.14. The second kappa shape index (κ2) is 6.39. The summed E-state index contributed by atoms with van der Waals surface area (Å²) in [7, 11) is 3.58. The van der Waals surface area contributed by atoms with Gasteiger partial charge in [-0.3, -0.25) is 9.67 Å². The summed E-state index contributed by atoms with van der Waals surface area (Å²) < 4.78 is 7.00. The van der Waals surface area contributed by atoms with Crippen LogP contribution in [0.15, 0.2) is 65.1 Å². The number of fused-ring (bicyclic) bond motifs is 1. The normalized spacial score (nSPS) is 18.8. The molecule has 6 nitrogen and oxygen atoms in total. The van der Waals surface area contributed by atoms with E-state index < -0.39 is 0 Å². The van der Waals surface area contributed by atoms with Crippen LogP contribution in [0.4, 0.5) is 5.69 Å². The second-order valence-corrected chi connectivity index (χ2v) is 6.05. The van der Waals surface area contributed by atoms with E-state index in [0.717, 1.165) is 35.0 Å². The summed E-state index contributed by atoms with van der Waals surface area (Å²) in [6, 6.07) is 7.77. The fraction of sp³-hybridized carbons (Fsp3) is 0.211. The van der Waals surface area contributed by atoms with E-state index >= 15 is 0 Å². The fourth-order valence-electron chi connectivity index (χ4n) is 3.00. The third kappa shape index (κ3) is 3.10. The quantitative estimate of drug-likeness (QED) is 0.937. The van der Waals surface area contributed by atoms with Crippen molar-refractivity contribution in [2.45, 2.75) is 6.42 Å². The number of benzene rings is 1. The molecule has 2 aliphatic heterocycles. The van der Waals surface area contributed by atoms with Crippen LogP contribution in [0.5, 0.6) is 5.75 Å². The number of allylic oxidation sites excluding steroid dienone is 2. The Labute approximate surface area is 146 Å². The van der Waals surface area contributed by atoms with E-state index in [4.69, 9.17) is 4.74 Å². The fourth-order valence-corrected chi connectivity index (χ4v) is 3.00. The topological polar surface area (TPSA) is 63.8 Å². The van der Waals surface area contributed by atoms with Gasteiger partial charge in [0.1, 0.15) is 5.75 Å². The Morgan fingerprint density at radius 1 is 1.20 bits per heavy atom. The van der Waals surface area contributed by atoms with Crippen molar-refractivity contribution in [2.24, 2.45) is 23.0 Å². The van der Waals surface area contributed by atoms with E-state index in [1.54, 1.807) is 7.11 Å². The van der Waals surface area contributed by atoms with Crippen LogP contribution in [0.25, 0.3) is 5.57 Å². The highest BCUT2D eigenvalue weighted by atomic mass is 16.5. The van der Waals surface area contributed by atoms with Gasteiger partial charge in [-0.05, 0) is 36.3 Å². The highest BCUT2D eigenvalue weighted by Crippen LogP contribution is 2.30. The van der Waals surface area contributed by atoms with Crippen LogP contribution in [0.3, 0.4) is 0 Å². The Balaban J connectivity index is 1.57. The zero-order valence-corrected chi connectivity index (χ0v) is 14.2. The van der Waals surface area contributed by atoms with Crippen LogP contribution >= 0.6 is 0 Å².